The molecule has 10 heavy (non-hydrogen) atoms. The zero-order chi connectivity index (χ0) is 7.56. The lowest BCUT2D eigenvalue weighted by molar-refractivity contribution is -0.496. The van der Waals surface area contributed by atoms with Gasteiger partial charge >= 0.3 is 0 Å². The van der Waals surface area contributed by atoms with Gasteiger partial charge in [-0.2, -0.15) is 0 Å². The molecule has 0 unspecified atom stereocenters. The summed E-state index contributed by atoms with van der Waals surface area (Å²) in [6, 6.07) is 1.81. The highest BCUT2D eigenvalue weighted by Gasteiger charge is 2.06. The fourth-order valence-corrected chi connectivity index (χ4v) is 2.00. The fraction of sp³-hybridized carbons (Fsp3) is 0.200. The molecule has 54 valence electrons. The van der Waals surface area contributed by atoms with Crippen molar-refractivity contribution >= 4 is 27.3 Å². The first-order chi connectivity index (χ1) is 4.70. The van der Waals surface area contributed by atoms with Gasteiger partial charge in [-0.3, -0.25) is 10.1 Å². The van der Waals surface area contributed by atoms with Gasteiger partial charge in [-0.05, 0) is 27.4 Å². The predicted molar refractivity (Wildman–Crippen MR) is 42.7 cm³/mol. The van der Waals surface area contributed by atoms with Gasteiger partial charge in [-0.1, -0.05) is 0 Å². The topological polar surface area (TPSA) is 43.1 Å². The molecule has 0 aliphatic heterocycles. The van der Waals surface area contributed by atoms with E-state index in [1.54, 1.807) is 0 Å². The summed E-state index contributed by atoms with van der Waals surface area (Å²) < 4.78 is 0.828. The normalized spacial score (nSPS) is 9.70. The molecule has 0 spiro atoms. The third-order valence-corrected chi connectivity index (χ3v) is 2.87. The van der Waals surface area contributed by atoms with E-state index >= 15 is 0 Å². The van der Waals surface area contributed by atoms with Crippen molar-refractivity contribution < 1.29 is 4.92 Å². The van der Waals surface area contributed by atoms with Crippen molar-refractivity contribution in [3.63, 3.8) is 0 Å². The summed E-state index contributed by atoms with van der Waals surface area (Å²) in [7, 11) is 0. The number of rotatable bonds is 2. The maximum atomic E-state index is 10.0. The molecule has 0 saturated heterocycles. The van der Waals surface area contributed by atoms with E-state index in [0.717, 1.165) is 9.35 Å². The van der Waals surface area contributed by atoms with Crippen molar-refractivity contribution in [3.8, 4) is 0 Å². The molecule has 0 radical (unpaired) electrons. The minimum absolute atomic E-state index is 0.0851. The Hall–Kier alpha value is -0.420. The first kappa shape index (κ1) is 7.68. The molecule has 0 bridgehead atoms. The summed E-state index contributed by atoms with van der Waals surface area (Å²) in [4.78, 5) is 10.4. The molecule has 1 heterocycles. The molecule has 0 fully saturated rings. The maximum absolute atomic E-state index is 10.0. The van der Waals surface area contributed by atoms with Crippen molar-refractivity contribution in [1.29, 1.82) is 0 Å². The van der Waals surface area contributed by atoms with Crippen molar-refractivity contribution in [2.24, 2.45) is 0 Å². The fourth-order valence-electron chi connectivity index (χ4n) is 0.555. The molecule has 0 aromatic carbocycles. The Morgan fingerprint density at radius 1 is 1.80 bits per heavy atom. The summed E-state index contributed by atoms with van der Waals surface area (Å²) in [5.74, 6) is 0. The lowest BCUT2D eigenvalue weighted by Gasteiger charge is -1.88. The molecule has 1 aromatic heterocycles. The Morgan fingerprint density at radius 3 is 2.90 bits per heavy atom. The van der Waals surface area contributed by atoms with Gasteiger partial charge in [0.15, 0.2) is 0 Å². The molecule has 1 rings (SSSR count). The van der Waals surface area contributed by atoms with Crippen LogP contribution in [-0.4, -0.2) is 4.92 Å². The third-order valence-electron chi connectivity index (χ3n) is 0.964. The van der Waals surface area contributed by atoms with Crippen LogP contribution in [0.25, 0.3) is 0 Å². The van der Waals surface area contributed by atoms with Gasteiger partial charge in [-0.15, -0.1) is 11.3 Å². The SMILES string of the molecule is O=[N+]([O-])Cc1sccc1Br. The number of hydrogen-bond acceptors (Lipinski definition) is 3. The van der Waals surface area contributed by atoms with Gasteiger partial charge in [-0.25, -0.2) is 0 Å². The minimum atomic E-state index is -0.337. The van der Waals surface area contributed by atoms with E-state index in [2.05, 4.69) is 15.9 Å². The van der Waals surface area contributed by atoms with Crippen LogP contribution >= 0.6 is 27.3 Å². The predicted octanol–water partition coefficient (Wildman–Crippen LogP) is 2.29. The Labute approximate surface area is 70.0 Å². The highest BCUT2D eigenvalue weighted by Crippen LogP contribution is 2.22. The molecule has 1 aromatic rings. The number of thiophene rings is 1. The van der Waals surface area contributed by atoms with Gasteiger partial charge in [0.2, 0.25) is 6.54 Å². The minimum Gasteiger partial charge on any atom is -0.264 e. The zero-order valence-corrected chi connectivity index (χ0v) is 7.31. The number of halogens is 1. The summed E-state index contributed by atoms with van der Waals surface area (Å²) in [5.41, 5.74) is 0. The first-order valence-electron chi connectivity index (χ1n) is 2.54. The van der Waals surface area contributed by atoms with Crippen LogP contribution in [-0.2, 0) is 6.54 Å². The highest BCUT2D eigenvalue weighted by molar-refractivity contribution is 9.10. The van der Waals surface area contributed by atoms with Crippen molar-refractivity contribution in [1.82, 2.24) is 0 Å². The molecule has 0 aliphatic carbocycles. The van der Waals surface area contributed by atoms with Crippen molar-refractivity contribution in [2.45, 2.75) is 6.54 Å². The Morgan fingerprint density at radius 2 is 2.50 bits per heavy atom. The van der Waals surface area contributed by atoms with E-state index < -0.39 is 0 Å². The van der Waals surface area contributed by atoms with E-state index in [0.29, 0.717) is 0 Å². The van der Waals surface area contributed by atoms with Gasteiger partial charge in [0, 0.05) is 9.40 Å². The van der Waals surface area contributed by atoms with E-state index in [1.807, 2.05) is 11.4 Å². The second kappa shape index (κ2) is 3.12. The van der Waals surface area contributed by atoms with Crippen LogP contribution in [0.5, 0.6) is 0 Å². The summed E-state index contributed by atoms with van der Waals surface area (Å²) in [6.45, 7) is -0.0851. The largest absolute Gasteiger partial charge is 0.264 e. The number of nitro groups is 1. The highest BCUT2D eigenvalue weighted by atomic mass is 79.9. The quantitative estimate of drug-likeness (QED) is 0.569. The van der Waals surface area contributed by atoms with Crippen LogP contribution < -0.4 is 0 Å². The molecule has 0 amide bonds. The molecule has 0 N–H and O–H groups in total. The molecular weight excluding hydrogens is 218 g/mol. The molecular formula is C5H4BrNO2S. The van der Waals surface area contributed by atoms with Crippen LogP contribution in [0.3, 0.4) is 0 Å². The summed E-state index contributed by atoms with van der Waals surface area (Å²) in [5, 5.41) is 11.8. The molecule has 0 aliphatic rings. The monoisotopic (exact) mass is 221 g/mol. The molecule has 0 atom stereocenters. The third kappa shape index (κ3) is 1.78. The lowest BCUT2D eigenvalue weighted by atomic mass is 10.5. The van der Waals surface area contributed by atoms with Crippen molar-refractivity contribution in [2.75, 3.05) is 0 Å². The maximum Gasteiger partial charge on any atom is 0.239 e. The summed E-state index contributed by atoms with van der Waals surface area (Å²) in [6.07, 6.45) is 0. The Balaban J connectivity index is 2.74. The summed E-state index contributed by atoms with van der Waals surface area (Å²) >= 11 is 4.59. The van der Waals surface area contributed by atoms with Crippen LogP contribution in [0.2, 0.25) is 0 Å². The standard InChI is InChI=1S/C5H4BrNO2S/c6-4-1-2-10-5(4)3-7(8)9/h1-2H,3H2. The van der Waals surface area contributed by atoms with E-state index in [4.69, 9.17) is 0 Å². The van der Waals surface area contributed by atoms with E-state index in [1.165, 1.54) is 11.3 Å². The molecule has 3 nitrogen and oxygen atoms in total. The second-order valence-electron chi connectivity index (χ2n) is 1.68. The average molecular weight is 222 g/mol. The second-order valence-corrected chi connectivity index (χ2v) is 3.54. The molecule has 5 heteroatoms. The van der Waals surface area contributed by atoms with Crippen LogP contribution in [0, 0.1) is 10.1 Å². The van der Waals surface area contributed by atoms with Crippen LogP contribution in [0.1, 0.15) is 4.88 Å². The Kier molecular flexibility index (Phi) is 2.39. The number of nitrogens with zero attached hydrogens (tertiary/aromatic N) is 1. The zero-order valence-electron chi connectivity index (χ0n) is 4.91. The average Bonchev–Trinajstić information content (AvgIpc) is 2.15. The lowest BCUT2D eigenvalue weighted by Crippen LogP contribution is -1.95. The van der Waals surface area contributed by atoms with Gasteiger partial charge < -0.3 is 0 Å². The Bertz CT molecular complexity index is 248. The first-order valence-corrected chi connectivity index (χ1v) is 4.21. The van der Waals surface area contributed by atoms with E-state index in [9.17, 15) is 10.1 Å². The van der Waals surface area contributed by atoms with Gasteiger partial charge in [0.25, 0.3) is 0 Å². The van der Waals surface area contributed by atoms with Crippen molar-refractivity contribution in [3.05, 3.63) is 30.9 Å². The number of hydrogen-bond donors (Lipinski definition) is 0. The van der Waals surface area contributed by atoms with Crippen LogP contribution in [0.15, 0.2) is 15.9 Å². The van der Waals surface area contributed by atoms with E-state index in [-0.39, 0.29) is 11.5 Å². The smallest absolute Gasteiger partial charge is 0.239 e. The van der Waals surface area contributed by atoms with Gasteiger partial charge in [0.1, 0.15) is 0 Å². The van der Waals surface area contributed by atoms with Crippen LogP contribution in [0.4, 0.5) is 0 Å². The molecule has 0 saturated carbocycles. The van der Waals surface area contributed by atoms with Gasteiger partial charge in [0.05, 0.1) is 4.88 Å².